The van der Waals surface area contributed by atoms with Gasteiger partial charge in [0.2, 0.25) is 5.91 Å². The van der Waals surface area contributed by atoms with Gasteiger partial charge in [-0.3, -0.25) is 4.79 Å². The third-order valence-electron chi connectivity index (χ3n) is 5.37. The van der Waals surface area contributed by atoms with Gasteiger partial charge in [-0.05, 0) is 29.2 Å². The van der Waals surface area contributed by atoms with Crippen LogP contribution in [0.3, 0.4) is 0 Å². The van der Waals surface area contributed by atoms with Gasteiger partial charge in [-0.1, -0.05) is 38.1 Å². The van der Waals surface area contributed by atoms with Crippen LogP contribution >= 0.6 is 0 Å². The van der Waals surface area contributed by atoms with Gasteiger partial charge in [0.25, 0.3) is 0 Å². The third kappa shape index (κ3) is 5.28. The number of benzene rings is 2. The number of nitrogens with one attached hydrogen (secondary N) is 1. The van der Waals surface area contributed by atoms with Crippen molar-refractivity contribution in [3.8, 4) is 0 Å². The second-order valence-corrected chi connectivity index (χ2v) is 8.21. The smallest absolute Gasteiger partial charge is 0.243 e. The van der Waals surface area contributed by atoms with Crippen LogP contribution in [-0.2, 0) is 29.3 Å². The largest absolute Gasteiger partial charge is 0.467 e. The molecular formula is C25H25F2N3O3. The van der Waals surface area contributed by atoms with Gasteiger partial charge in [0, 0.05) is 18.7 Å². The van der Waals surface area contributed by atoms with Crippen molar-refractivity contribution in [1.82, 2.24) is 14.9 Å². The molecule has 0 fully saturated rings. The first-order valence-corrected chi connectivity index (χ1v) is 10.7. The molecule has 0 aliphatic carbocycles. The molecule has 0 radical (unpaired) electrons. The summed E-state index contributed by atoms with van der Waals surface area (Å²) < 4.78 is 39.9. The molecule has 0 bridgehead atoms. The summed E-state index contributed by atoms with van der Waals surface area (Å²) in [5.41, 5.74) is 2.58. The molecule has 33 heavy (non-hydrogen) atoms. The summed E-state index contributed by atoms with van der Waals surface area (Å²) in [7, 11) is 0. The van der Waals surface area contributed by atoms with Crippen LogP contribution < -0.4 is 5.32 Å². The Morgan fingerprint density at radius 2 is 1.88 bits per heavy atom. The van der Waals surface area contributed by atoms with Gasteiger partial charge < -0.3 is 19.0 Å². The van der Waals surface area contributed by atoms with Gasteiger partial charge in [-0.25, -0.2) is 13.8 Å². The molecule has 4 rings (SSSR count). The first-order valence-electron chi connectivity index (χ1n) is 10.7. The number of nitrogens with zero attached hydrogens (tertiary/aromatic N) is 2. The lowest BCUT2D eigenvalue weighted by Gasteiger charge is -2.22. The van der Waals surface area contributed by atoms with E-state index >= 15 is 0 Å². The average Bonchev–Trinajstić information content (AvgIpc) is 3.44. The van der Waals surface area contributed by atoms with Crippen LogP contribution in [0.1, 0.15) is 36.8 Å². The Morgan fingerprint density at radius 3 is 2.64 bits per heavy atom. The molecule has 0 aliphatic rings. The molecule has 1 unspecified atom stereocenters. The highest BCUT2D eigenvalue weighted by atomic mass is 19.2. The highest BCUT2D eigenvalue weighted by Crippen LogP contribution is 2.25. The Morgan fingerprint density at radius 1 is 1.09 bits per heavy atom. The normalized spacial score (nSPS) is 12.4. The predicted octanol–water partition coefficient (Wildman–Crippen LogP) is 5.14. The van der Waals surface area contributed by atoms with Gasteiger partial charge >= 0.3 is 0 Å². The van der Waals surface area contributed by atoms with Crippen LogP contribution in [0.2, 0.25) is 0 Å². The van der Waals surface area contributed by atoms with Crippen LogP contribution in [0.4, 0.5) is 8.78 Å². The first-order chi connectivity index (χ1) is 15.9. The molecule has 0 saturated heterocycles. The molecule has 0 saturated carbocycles. The second-order valence-electron chi connectivity index (χ2n) is 8.21. The molecular weight excluding hydrogens is 428 g/mol. The Bertz CT molecular complexity index is 1240. The molecule has 0 aliphatic heterocycles. The average molecular weight is 453 g/mol. The first kappa shape index (κ1) is 22.7. The Balaban J connectivity index is 1.42. The SMILES string of the molecule is CC(C)C(C(=O)NCc1cccc(COCc2ccco2)c1)n1cnc2cc(F)c(F)cc21. The van der Waals surface area contributed by atoms with E-state index in [0.717, 1.165) is 29.0 Å². The van der Waals surface area contributed by atoms with E-state index in [1.54, 1.807) is 10.8 Å². The molecule has 1 N–H and O–H groups in total. The lowest BCUT2D eigenvalue weighted by atomic mass is 10.0. The van der Waals surface area contributed by atoms with Crippen LogP contribution in [-0.4, -0.2) is 15.5 Å². The number of furan rings is 1. The van der Waals surface area contributed by atoms with Gasteiger partial charge in [-0.15, -0.1) is 0 Å². The van der Waals surface area contributed by atoms with E-state index in [0.29, 0.717) is 30.8 Å². The van der Waals surface area contributed by atoms with E-state index in [4.69, 9.17) is 9.15 Å². The summed E-state index contributed by atoms with van der Waals surface area (Å²) >= 11 is 0. The summed E-state index contributed by atoms with van der Waals surface area (Å²) in [6, 6.07) is 12.9. The highest BCUT2D eigenvalue weighted by molar-refractivity contribution is 5.84. The third-order valence-corrected chi connectivity index (χ3v) is 5.37. The molecule has 6 nitrogen and oxygen atoms in total. The van der Waals surface area contributed by atoms with Crippen molar-refractivity contribution < 1.29 is 22.7 Å². The van der Waals surface area contributed by atoms with E-state index in [-0.39, 0.29) is 11.8 Å². The molecule has 2 aromatic carbocycles. The number of fused-ring (bicyclic) bond motifs is 1. The maximum absolute atomic E-state index is 13.8. The minimum atomic E-state index is -0.974. The number of rotatable bonds is 9. The fraction of sp³-hybridized carbons (Fsp3) is 0.280. The number of carbonyl (C=O) groups is 1. The predicted molar refractivity (Wildman–Crippen MR) is 119 cm³/mol. The van der Waals surface area contributed by atoms with Crippen LogP contribution in [0.5, 0.6) is 0 Å². The number of hydrogen-bond acceptors (Lipinski definition) is 4. The quantitative estimate of drug-likeness (QED) is 0.381. The molecule has 0 spiro atoms. The standard InChI is InChI=1S/C25H25F2N3O3/c1-16(2)24(30-15-29-22-10-20(26)21(27)11-23(22)30)25(31)28-12-17-5-3-6-18(9-17)13-32-14-19-7-4-8-33-19/h3-11,15-16,24H,12-14H2,1-2H3,(H,28,31). The number of imidazole rings is 1. The van der Waals surface area contributed by atoms with Crippen LogP contribution in [0, 0.1) is 17.6 Å². The maximum Gasteiger partial charge on any atom is 0.243 e. The van der Waals surface area contributed by atoms with E-state index in [2.05, 4.69) is 10.3 Å². The van der Waals surface area contributed by atoms with Gasteiger partial charge in [0.05, 0.1) is 30.2 Å². The Hall–Kier alpha value is -3.52. The van der Waals surface area contributed by atoms with Crippen molar-refractivity contribution in [1.29, 1.82) is 0 Å². The van der Waals surface area contributed by atoms with E-state index < -0.39 is 17.7 Å². The summed E-state index contributed by atoms with van der Waals surface area (Å²) in [4.78, 5) is 17.2. The van der Waals surface area contributed by atoms with Crippen molar-refractivity contribution in [3.63, 3.8) is 0 Å². The fourth-order valence-electron chi connectivity index (χ4n) is 3.78. The molecule has 2 heterocycles. The topological polar surface area (TPSA) is 69.3 Å². The summed E-state index contributed by atoms with van der Waals surface area (Å²) in [6.45, 7) is 4.91. The van der Waals surface area contributed by atoms with Crippen molar-refractivity contribution in [3.05, 3.63) is 89.6 Å². The number of amides is 1. The van der Waals surface area contributed by atoms with E-state index in [1.165, 1.54) is 6.33 Å². The van der Waals surface area contributed by atoms with Gasteiger partial charge in [-0.2, -0.15) is 0 Å². The zero-order chi connectivity index (χ0) is 23.4. The van der Waals surface area contributed by atoms with Crippen molar-refractivity contribution >= 4 is 16.9 Å². The zero-order valence-electron chi connectivity index (χ0n) is 18.4. The number of ether oxygens (including phenoxy) is 1. The second kappa shape index (κ2) is 9.95. The molecule has 1 atom stereocenters. The zero-order valence-corrected chi connectivity index (χ0v) is 18.4. The number of carbonyl (C=O) groups excluding carboxylic acids is 1. The minimum Gasteiger partial charge on any atom is -0.467 e. The monoisotopic (exact) mass is 453 g/mol. The summed E-state index contributed by atoms with van der Waals surface area (Å²) in [5, 5.41) is 2.95. The maximum atomic E-state index is 13.8. The van der Waals surface area contributed by atoms with Crippen molar-refractivity contribution in [2.75, 3.05) is 0 Å². The minimum absolute atomic E-state index is 0.100. The number of aromatic nitrogens is 2. The summed E-state index contributed by atoms with van der Waals surface area (Å²) in [6.07, 6.45) is 3.05. The number of halogens is 2. The molecule has 8 heteroatoms. The highest BCUT2D eigenvalue weighted by Gasteiger charge is 2.26. The fourth-order valence-corrected chi connectivity index (χ4v) is 3.78. The van der Waals surface area contributed by atoms with Gasteiger partial charge in [0.15, 0.2) is 11.6 Å². The van der Waals surface area contributed by atoms with E-state index in [9.17, 15) is 13.6 Å². The van der Waals surface area contributed by atoms with Crippen LogP contribution in [0.25, 0.3) is 11.0 Å². The van der Waals surface area contributed by atoms with E-state index in [1.807, 2.05) is 50.2 Å². The van der Waals surface area contributed by atoms with Gasteiger partial charge in [0.1, 0.15) is 18.4 Å². The Kier molecular flexibility index (Phi) is 6.84. The molecule has 172 valence electrons. The van der Waals surface area contributed by atoms with Crippen LogP contribution in [0.15, 0.2) is 65.5 Å². The lowest BCUT2D eigenvalue weighted by molar-refractivity contribution is -0.125. The molecule has 4 aromatic rings. The molecule has 2 aromatic heterocycles. The van der Waals surface area contributed by atoms with Crippen molar-refractivity contribution in [2.24, 2.45) is 5.92 Å². The Labute approximate surface area is 190 Å². The molecule has 1 amide bonds. The van der Waals surface area contributed by atoms with Crippen molar-refractivity contribution in [2.45, 2.75) is 39.6 Å². The number of hydrogen-bond donors (Lipinski definition) is 1. The lowest BCUT2D eigenvalue weighted by Crippen LogP contribution is -2.35. The summed E-state index contributed by atoms with van der Waals surface area (Å²) in [5.74, 6) is -1.51.